The predicted octanol–water partition coefficient (Wildman–Crippen LogP) is 5.28. The topological polar surface area (TPSA) is 64.7 Å². The zero-order valence-corrected chi connectivity index (χ0v) is 16.2. The number of hydrogen-bond donors (Lipinski definition) is 1. The average molecular weight is 467 g/mol. The van der Waals surface area contributed by atoms with Crippen molar-refractivity contribution in [1.82, 2.24) is 19.6 Å². The molecule has 1 N–H and O–H groups in total. The van der Waals surface area contributed by atoms with E-state index < -0.39 is 70.3 Å². The maximum Gasteiger partial charge on any atom is 0.435 e. The number of carbonyl (C=O) groups is 1. The first kappa shape index (κ1) is 23.2. The van der Waals surface area contributed by atoms with Crippen molar-refractivity contribution in [2.75, 3.05) is 5.32 Å². The number of carbonyl (C=O) groups excluding carboxylic acids is 1. The van der Waals surface area contributed by atoms with Gasteiger partial charge in [0.15, 0.2) is 17.3 Å². The number of anilines is 1. The second kappa shape index (κ2) is 8.24. The van der Waals surface area contributed by atoms with E-state index in [-0.39, 0.29) is 16.8 Å². The third kappa shape index (κ3) is 4.29. The molecule has 0 unspecified atom stereocenters. The lowest BCUT2D eigenvalue weighted by Gasteiger charge is -2.14. The van der Waals surface area contributed by atoms with Crippen LogP contribution in [0.1, 0.15) is 48.1 Å². The minimum Gasteiger partial charge on any atom is -0.319 e. The number of rotatable bonds is 5. The fourth-order valence-corrected chi connectivity index (χ4v) is 2.82. The number of amides is 1. The van der Waals surface area contributed by atoms with Gasteiger partial charge in [0.2, 0.25) is 0 Å². The molecule has 14 heteroatoms. The van der Waals surface area contributed by atoms with Crippen LogP contribution in [0.15, 0.2) is 24.5 Å². The Hall–Kier alpha value is -3.45. The lowest BCUT2D eigenvalue weighted by Crippen LogP contribution is -2.20. The van der Waals surface area contributed by atoms with Crippen LogP contribution in [0, 0.1) is 17.5 Å². The van der Waals surface area contributed by atoms with Crippen molar-refractivity contribution in [3.8, 4) is 5.69 Å². The normalized spacial score (nSPS) is 12.1. The summed E-state index contributed by atoms with van der Waals surface area (Å²) < 4.78 is 110. The molecule has 0 fully saturated rings. The molecule has 0 bridgehead atoms. The minimum absolute atomic E-state index is 0.147. The molecule has 1 amide bonds. The van der Waals surface area contributed by atoms with Crippen LogP contribution in [0.2, 0.25) is 0 Å². The molecule has 32 heavy (non-hydrogen) atoms. The van der Waals surface area contributed by atoms with Gasteiger partial charge in [-0.3, -0.25) is 9.48 Å². The van der Waals surface area contributed by atoms with Crippen molar-refractivity contribution in [1.29, 1.82) is 0 Å². The molecule has 0 radical (unpaired) electrons. The van der Waals surface area contributed by atoms with Crippen LogP contribution in [0.3, 0.4) is 0 Å². The number of halogens is 8. The van der Waals surface area contributed by atoms with Gasteiger partial charge in [0.05, 0.1) is 17.4 Å². The van der Waals surface area contributed by atoms with E-state index in [1.54, 1.807) is 19.2 Å². The van der Waals surface area contributed by atoms with Gasteiger partial charge in [0.1, 0.15) is 17.2 Å². The highest BCUT2D eigenvalue weighted by atomic mass is 19.4. The number of hydrogen-bond acceptors (Lipinski definition) is 3. The summed E-state index contributed by atoms with van der Waals surface area (Å²) in [6.07, 6.45) is -7.15. The highest BCUT2D eigenvalue weighted by Crippen LogP contribution is 2.38. The predicted molar refractivity (Wildman–Crippen MR) is 94.0 cm³/mol. The summed E-state index contributed by atoms with van der Waals surface area (Å²) in [7, 11) is 0. The molecule has 0 spiro atoms. The zero-order valence-electron chi connectivity index (χ0n) is 16.2. The van der Waals surface area contributed by atoms with Gasteiger partial charge in [-0.2, -0.15) is 23.4 Å². The van der Waals surface area contributed by atoms with Crippen LogP contribution in [0.25, 0.3) is 5.69 Å². The number of aromatic nitrogens is 4. The van der Waals surface area contributed by atoms with Gasteiger partial charge in [0.25, 0.3) is 12.3 Å². The zero-order chi connectivity index (χ0) is 24.0. The molecule has 3 rings (SSSR count). The van der Waals surface area contributed by atoms with Crippen molar-refractivity contribution in [3.63, 3.8) is 0 Å². The van der Waals surface area contributed by atoms with E-state index >= 15 is 0 Å². The van der Waals surface area contributed by atoms with Crippen molar-refractivity contribution >= 4 is 11.6 Å². The fourth-order valence-electron chi connectivity index (χ4n) is 2.82. The Labute approximate surface area is 174 Å². The highest BCUT2D eigenvalue weighted by Gasteiger charge is 2.41. The van der Waals surface area contributed by atoms with Crippen LogP contribution >= 0.6 is 0 Å². The number of alkyl halides is 5. The van der Waals surface area contributed by atoms with Gasteiger partial charge in [-0.05, 0) is 13.8 Å². The van der Waals surface area contributed by atoms with Crippen LogP contribution in [0.5, 0.6) is 0 Å². The largest absolute Gasteiger partial charge is 0.435 e. The Bertz CT molecular complexity index is 1140. The number of nitrogens with zero attached hydrogens (tertiary/aromatic N) is 4. The van der Waals surface area contributed by atoms with Crippen molar-refractivity contribution in [3.05, 3.63) is 58.9 Å². The number of benzene rings is 1. The average Bonchev–Trinajstić information content (AvgIpc) is 3.25. The van der Waals surface area contributed by atoms with Gasteiger partial charge < -0.3 is 5.32 Å². The third-order valence-electron chi connectivity index (χ3n) is 4.22. The van der Waals surface area contributed by atoms with Crippen molar-refractivity contribution in [2.24, 2.45) is 0 Å². The molecule has 0 aliphatic carbocycles. The molecular weight excluding hydrogens is 454 g/mol. The Balaban J connectivity index is 2.09. The smallest absolute Gasteiger partial charge is 0.319 e. The Morgan fingerprint density at radius 2 is 1.69 bits per heavy atom. The molecular formula is C18H13F8N5O. The van der Waals surface area contributed by atoms with Crippen LogP contribution in [-0.4, -0.2) is 25.5 Å². The van der Waals surface area contributed by atoms with Crippen molar-refractivity contribution in [2.45, 2.75) is 32.5 Å². The standard InChI is InChI=1S/C18H13F8N5O/c1-7(2)30-6-9(13(29-30)16(22)23)17(32)28-12-5-27-31(15(12)18(24,25)26)14-10(20)3-8(19)4-11(14)21/h3-7,16H,1-2H3,(H,28,32). The molecule has 0 aliphatic heterocycles. The summed E-state index contributed by atoms with van der Waals surface area (Å²) in [5.74, 6) is -6.13. The summed E-state index contributed by atoms with van der Waals surface area (Å²) in [6, 6.07) is -0.145. The molecule has 3 aromatic rings. The van der Waals surface area contributed by atoms with Crippen LogP contribution in [0.4, 0.5) is 40.8 Å². The SMILES string of the molecule is CC(C)n1cc(C(=O)Nc2cnn(-c3c(F)cc(F)cc3F)c2C(F)(F)F)c(C(F)F)n1. The maximum absolute atomic E-state index is 14.0. The Morgan fingerprint density at radius 1 is 1.09 bits per heavy atom. The van der Waals surface area contributed by atoms with Gasteiger partial charge in [-0.1, -0.05) is 0 Å². The van der Waals surface area contributed by atoms with Gasteiger partial charge >= 0.3 is 6.18 Å². The summed E-state index contributed by atoms with van der Waals surface area (Å²) >= 11 is 0. The molecule has 1 aromatic carbocycles. The van der Waals surface area contributed by atoms with Crippen LogP contribution in [-0.2, 0) is 6.18 Å². The first-order valence-corrected chi connectivity index (χ1v) is 8.80. The van der Waals surface area contributed by atoms with E-state index in [0.717, 1.165) is 10.9 Å². The quantitative estimate of drug-likeness (QED) is 0.520. The monoisotopic (exact) mass is 467 g/mol. The lowest BCUT2D eigenvalue weighted by molar-refractivity contribution is -0.142. The first-order chi connectivity index (χ1) is 14.8. The number of nitrogens with one attached hydrogen (secondary N) is 1. The second-order valence-corrected chi connectivity index (χ2v) is 6.79. The fraction of sp³-hybridized carbons (Fsp3) is 0.278. The van der Waals surface area contributed by atoms with E-state index in [0.29, 0.717) is 6.20 Å². The molecule has 6 nitrogen and oxygen atoms in total. The highest BCUT2D eigenvalue weighted by molar-refractivity contribution is 6.05. The molecule has 0 saturated carbocycles. The molecule has 2 heterocycles. The summed E-state index contributed by atoms with van der Waals surface area (Å²) in [4.78, 5) is 12.5. The van der Waals surface area contributed by atoms with E-state index in [4.69, 9.17) is 0 Å². The summed E-state index contributed by atoms with van der Waals surface area (Å²) in [5.41, 5.74) is -5.89. The van der Waals surface area contributed by atoms with Gasteiger partial charge in [-0.15, -0.1) is 0 Å². The molecule has 172 valence electrons. The first-order valence-electron chi connectivity index (χ1n) is 8.80. The van der Waals surface area contributed by atoms with Crippen LogP contribution < -0.4 is 5.32 Å². The summed E-state index contributed by atoms with van der Waals surface area (Å²) in [5, 5.41) is 8.58. The summed E-state index contributed by atoms with van der Waals surface area (Å²) in [6.45, 7) is 3.14. The van der Waals surface area contributed by atoms with E-state index in [2.05, 4.69) is 10.2 Å². The Morgan fingerprint density at radius 3 is 2.19 bits per heavy atom. The van der Waals surface area contributed by atoms with E-state index in [1.807, 2.05) is 0 Å². The van der Waals surface area contributed by atoms with Gasteiger partial charge in [0, 0.05) is 24.4 Å². The third-order valence-corrected chi connectivity index (χ3v) is 4.22. The van der Waals surface area contributed by atoms with Crippen molar-refractivity contribution < 1.29 is 39.9 Å². The second-order valence-electron chi connectivity index (χ2n) is 6.79. The lowest BCUT2D eigenvalue weighted by atomic mass is 10.2. The van der Waals surface area contributed by atoms with E-state index in [1.165, 1.54) is 0 Å². The van der Waals surface area contributed by atoms with E-state index in [9.17, 15) is 39.9 Å². The van der Waals surface area contributed by atoms with Gasteiger partial charge in [-0.25, -0.2) is 26.6 Å². The maximum atomic E-state index is 14.0. The molecule has 2 aromatic heterocycles. The minimum atomic E-state index is -5.31. The molecule has 0 atom stereocenters. The Kier molecular flexibility index (Phi) is 5.98. The molecule has 0 saturated heterocycles. The molecule has 0 aliphatic rings.